The topological polar surface area (TPSA) is 31.5 Å². The van der Waals surface area contributed by atoms with Gasteiger partial charge in [-0.05, 0) is 63.8 Å². The minimum Gasteiger partial charge on any atom is -0.479 e. The maximum Gasteiger partial charge on any atom is 0.174 e. The molecule has 7 heteroatoms. The molecule has 34 heavy (non-hydrogen) atoms. The van der Waals surface area contributed by atoms with Crippen LogP contribution in [0.1, 0.15) is 55.8 Å². The van der Waals surface area contributed by atoms with Gasteiger partial charge in [0.25, 0.3) is 0 Å². The van der Waals surface area contributed by atoms with Crippen molar-refractivity contribution in [3.05, 3.63) is 52.5 Å². The fraction of sp³-hybridized carbons (Fsp3) is 0.556. The van der Waals surface area contributed by atoms with E-state index in [0.29, 0.717) is 12.5 Å². The number of H-pyrrole nitrogens is 1. The summed E-state index contributed by atoms with van der Waals surface area (Å²) >= 11 is 4.37. The quantitative estimate of drug-likeness (QED) is 0.236. The summed E-state index contributed by atoms with van der Waals surface area (Å²) in [5, 5.41) is 2.35. The van der Waals surface area contributed by atoms with Gasteiger partial charge >= 0.3 is 0 Å². The lowest BCUT2D eigenvalue weighted by Crippen LogP contribution is -2.47. The number of benzene rings is 1. The second-order valence-corrected chi connectivity index (χ2v) is 14.4. The van der Waals surface area contributed by atoms with Crippen molar-refractivity contribution in [3.8, 4) is 5.06 Å². The Morgan fingerprint density at radius 1 is 1.24 bits per heavy atom. The molecule has 2 aliphatic heterocycles. The number of para-hydroxylation sites is 1. The van der Waals surface area contributed by atoms with Crippen LogP contribution in [0.2, 0.25) is 0 Å². The molecule has 4 heterocycles. The van der Waals surface area contributed by atoms with Gasteiger partial charge in [-0.3, -0.25) is 14.2 Å². The van der Waals surface area contributed by atoms with E-state index in [1.165, 1.54) is 27.0 Å². The third kappa shape index (κ3) is 5.18. The second kappa shape index (κ2) is 10.1. The van der Waals surface area contributed by atoms with Crippen LogP contribution in [0.25, 0.3) is 10.9 Å². The number of nitrogens with zero attached hydrogens (tertiary/aromatic N) is 2. The Labute approximate surface area is 220 Å². The van der Waals surface area contributed by atoms with Crippen LogP contribution < -0.4 is 4.74 Å². The maximum absolute atomic E-state index is 12.5. The number of thiophene rings is 1. The Balaban J connectivity index is 1.43. The van der Waals surface area contributed by atoms with Gasteiger partial charge in [0, 0.05) is 57.1 Å². The number of hydrogen-bond acceptors (Lipinski definition) is 4. The number of aromatic amines is 1. The Kier molecular flexibility index (Phi) is 7.27. The smallest absolute Gasteiger partial charge is 0.174 e. The summed E-state index contributed by atoms with van der Waals surface area (Å²) in [5.41, 5.74) is 4.03. The monoisotopic (exact) mass is 595 g/mol. The first-order valence-corrected chi connectivity index (χ1v) is 14.3. The van der Waals surface area contributed by atoms with Crippen LogP contribution in [-0.2, 0) is 6.42 Å². The standard InChI is InChI=1S/C27H35FIN3OS/c1-18-15-21-20-7-4-5-8-22(20)30-25(21)26(32(18)17-27(2,3)29)23-9-10-24(34-23)33-19-11-14-31(16-19)13-6-12-28/h4-5,7-10,18-19,26,30H,6,11-17H2,1-3H3/t18-,19+,26-/m1/s1. The van der Waals surface area contributed by atoms with Crippen LogP contribution in [0.5, 0.6) is 5.06 Å². The number of nitrogens with one attached hydrogen (secondary N) is 1. The van der Waals surface area contributed by atoms with Gasteiger partial charge in [0.2, 0.25) is 0 Å². The molecule has 5 rings (SSSR count). The average Bonchev–Trinajstić information content (AvgIpc) is 3.51. The van der Waals surface area contributed by atoms with Crippen molar-refractivity contribution in [3.63, 3.8) is 0 Å². The number of rotatable bonds is 8. The Bertz CT molecular complexity index is 1120. The molecule has 0 bridgehead atoms. The van der Waals surface area contributed by atoms with E-state index in [2.05, 4.69) is 94.5 Å². The number of fused-ring (bicyclic) bond motifs is 3. The average molecular weight is 596 g/mol. The van der Waals surface area contributed by atoms with Crippen LogP contribution in [0, 0.1) is 0 Å². The van der Waals surface area contributed by atoms with Gasteiger partial charge in [-0.1, -0.05) is 40.8 Å². The number of likely N-dealkylation sites (tertiary alicyclic amines) is 1. The van der Waals surface area contributed by atoms with Crippen molar-refractivity contribution in [1.82, 2.24) is 14.8 Å². The summed E-state index contributed by atoms with van der Waals surface area (Å²) in [7, 11) is 0. The molecule has 1 aromatic carbocycles. The molecule has 0 spiro atoms. The lowest BCUT2D eigenvalue weighted by Gasteiger charge is -2.43. The van der Waals surface area contributed by atoms with Gasteiger partial charge in [0.05, 0.1) is 12.7 Å². The molecule has 0 radical (unpaired) electrons. The summed E-state index contributed by atoms with van der Waals surface area (Å²) < 4.78 is 19.1. The van der Waals surface area contributed by atoms with E-state index in [4.69, 9.17) is 4.74 Å². The van der Waals surface area contributed by atoms with Gasteiger partial charge in [0.15, 0.2) is 5.06 Å². The number of alkyl halides is 2. The number of aromatic nitrogens is 1. The van der Waals surface area contributed by atoms with Crippen LogP contribution in [-0.4, -0.2) is 63.2 Å². The molecular formula is C27H35FIN3OS. The molecule has 1 saturated heterocycles. The third-order valence-corrected chi connectivity index (χ3v) is 8.44. The van der Waals surface area contributed by atoms with E-state index in [1.807, 2.05) is 0 Å². The summed E-state index contributed by atoms with van der Waals surface area (Å²) in [6.45, 7) is 10.5. The second-order valence-electron chi connectivity index (χ2n) is 10.4. The molecule has 0 unspecified atom stereocenters. The van der Waals surface area contributed by atoms with E-state index in [9.17, 15) is 4.39 Å². The third-order valence-electron chi connectivity index (χ3n) is 7.07. The number of ether oxygens (including phenoxy) is 1. The summed E-state index contributed by atoms with van der Waals surface area (Å²) in [6.07, 6.45) is 2.89. The molecule has 0 saturated carbocycles. The zero-order chi connectivity index (χ0) is 23.9. The first kappa shape index (κ1) is 24.5. The van der Waals surface area contributed by atoms with Gasteiger partial charge in [-0.15, -0.1) is 11.3 Å². The van der Waals surface area contributed by atoms with Gasteiger partial charge in [0.1, 0.15) is 6.10 Å². The minimum absolute atomic E-state index is 0.178. The van der Waals surface area contributed by atoms with Crippen molar-refractivity contribution >= 4 is 44.8 Å². The van der Waals surface area contributed by atoms with Gasteiger partial charge < -0.3 is 9.72 Å². The molecule has 1 fully saturated rings. The fourth-order valence-electron chi connectivity index (χ4n) is 5.58. The van der Waals surface area contributed by atoms with Crippen molar-refractivity contribution in [2.45, 2.75) is 61.6 Å². The van der Waals surface area contributed by atoms with E-state index in [1.54, 1.807) is 11.3 Å². The van der Waals surface area contributed by atoms with E-state index < -0.39 is 0 Å². The Morgan fingerprint density at radius 3 is 2.85 bits per heavy atom. The molecule has 2 aromatic heterocycles. The minimum atomic E-state index is -0.240. The molecule has 0 amide bonds. The summed E-state index contributed by atoms with van der Waals surface area (Å²) in [5.74, 6) is 0. The molecular weight excluding hydrogens is 560 g/mol. The van der Waals surface area contributed by atoms with Crippen molar-refractivity contribution in [2.24, 2.45) is 0 Å². The molecule has 2 aliphatic rings. The predicted molar refractivity (Wildman–Crippen MR) is 148 cm³/mol. The highest BCUT2D eigenvalue weighted by Crippen LogP contribution is 2.45. The van der Waals surface area contributed by atoms with E-state index in [-0.39, 0.29) is 22.2 Å². The summed E-state index contributed by atoms with van der Waals surface area (Å²) in [4.78, 5) is 10.1. The van der Waals surface area contributed by atoms with Crippen LogP contribution in [0.4, 0.5) is 4.39 Å². The highest BCUT2D eigenvalue weighted by Gasteiger charge is 2.38. The normalized spacial score (nSPS) is 24.1. The highest BCUT2D eigenvalue weighted by molar-refractivity contribution is 14.1. The summed E-state index contributed by atoms with van der Waals surface area (Å²) in [6, 6.07) is 13.8. The van der Waals surface area contributed by atoms with Crippen LogP contribution in [0.3, 0.4) is 0 Å². The first-order chi connectivity index (χ1) is 16.3. The number of hydrogen-bond donors (Lipinski definition) is 1. The Morgan fingerprint density at radius 2 is 2.06 bits per heavy atom. The zero-order valence-corrected chi connectivity index (χ0v) is 23.3. The molecule has 184 valence electrons. The lowest BCUT2D eigenvalue weighted by atomic mass is 9.90. The maximum atomic E-state index is 12.5. The van der Waals surface area contributed by atoms with Crippen molar-refractivity contribution in [1.29, 1.82) is 0 Å². The highest BCUT2D eigenvalue weighted by atomic mass is 127. The van der Waals surface area contributed by atoms with Gasteiger partial charge in [-0.25, -0.2) is 0 Å². The molecule has 1 N–H and O–H groups in total. The van der Waals surface area contributed by atoms with E-state index in [0.717, 1.165) is 44.1 Å². The van der Waals surface area contributed by atoms with Crippen LogP contribution >= 0.6 is 33.9 Å². The molecule has 3 atom stereocenters. The molecule has 0 aliphatic carbocycles. The molecule has 3 aromatic rings. The first-order valence-electron chi connectivity index (χ1n) is 12.4. The Hall–Kier alpha value is -1.16. The van der Waals surface area contributed by atoms with Crippen molar-refractivity contribution < 1.29 is 9.13 Å². The number of halogens is 2. The van der Waals surface area contributed by atoms with Crippen molar-refractivity contribution in [2.75, 3.05) is 32.9 Å². The predicted octanol–water partition coefficient (Wildman–Crippen LogP) is 6.59. The van der Waals surface area contributed by atoms with Gasteiger partial charge in [-0.2, -0.15) is 0 Å². The largest absolute Gasteiger partial charge is 0.479 e. The zero-order valence-electron chi connectivity index (χ0n) is 20.3. The SMILES string of the molecule is C[C@@H]1Cc2c([nH]c3ccccc23)[C@@H](c2ccc(O[C@H]3CCN(CCCF)C3)s2)N1CC(C)(C)I. The molecule has 4 nitrogen and oxygen atoms in total. The fourth-order valence-corrected chi connectivity index (χ4v) is 7.03. The van der Waals surface area contributed by atoms with Crippen LogP contribution in [0.15, 0.2) is 36.4 Å². The van der Waals surface area contributed by atoms with E-state index >= 15 is 0 Å². The lowest BCUT2D eigenvalue weighted by molar-refractivity contribution is 0.143.